The maximum absolute atomic E-state index is 14.0. The summed E-state index contributed by atoms with van der Waals surface area (Å²) in [5.41, 5.74) is 3.59. The molecule has 0 unspecified atom stereocenters. The summed E-state index contributed by atoms with van der Waals surface area (Å²) in [6.07, 6.45) is 1.03. The normalized spacial score (nSPS) is 16.8. The van der Waals surface area contributed by atoms with Gasteiger partial charge in [-0.25, -0.2) is 18.4 Å². The van der Waals surface area contributed by atoms with Gasteiger partial charge in [-0.15, -0.1) is 0 Å². The van der Waals surface area contributed by atoms with Gasteiger partial charge in [-0.3, -0.25) is 14.5 Å². The van der Waals surface area contributed by atoms with Crippen LogP contribution >= 0.6 is 15.9 Å². The Hall–Kier alpha value is -6.94. The zero-order valence-corrected chi connectivity index (χ0v) is 43.1. The Morgan fingerprint density at radius 1 is 0.581 bits per heavy atom. The predicted octanol–water partition coefficient (Wildman–Crippen LogP) is 9.53. The van der Waals surface area contributed by atoms with Crippen LogP contribution < -0.4 is 14.8 Å². The van der Waals surface area contributed by atoms with E-state index < -0.39 is 29.9 Å². The fourth-order valence-corrected chi connectivity index (χ4v) is 9.12. The highest BCUT2D eigenvalue weighted by atomic mass is 79.9. The van der Waals surface area contributed by atoms with Crippen LogP contribution in [0.2, 0.25) is 0 Å². The smallest absolute Gasteiger partial charge is 0.328 e. The van der Waals surface area contributed by atoms with E-state index in [2.05, 4.69) is 26.1 Å². The van der Waals surface area contributed by atoms with Crippen LogP contribution in [-0.4, -0.2) is 129 Å². The third-order valence-electron chi connectivity index (χ3n) is 12.8. The molecule has 2 aliphatic heterocycles. The molecule has 0 aromatic heterocycles. The van der Waals surface area contributed by atoms with Crippen molar-refractivity contribution in [1.82, 2.24) is 20.0 Å². The number of carbonyl (C=O) groups excluding carboxylic acids is 4. The average Bonchev–Trinajstić information content (AvgIpc) is 4.09. The number of esters is 2. The number of likely N-dealkylation sites (tertiary alicyclic amines) is 2. The van der Waals surface area contributed by atoms with Gasteiger partial charge < -0.3 is 34.1 Å². The van der Waals surface area contributed by atoms with Crippen molar-refractivity contribution >= 4 is 39.7 Å². The molecule has 2 amide bonds. The van der Waals surface area contributed by atoms with Crippen molar-refractivity contribution in [3.05, 3.63) is 204 Å². The molecule has 12 nitrogen and oxygen atoms in total. The molecule has 1 N–H and O–H groups in total. The van der Waals surface area contributed by atoms with Gasteiger partial charge in [0.1, 0.15) is 41.8 Å². The summed E-state index contributed by atoms with van der Waals surface area (Å²) in [4.78, 5) is 57.9. The summed E-state index contributed by atoms with van der Waals surface area (Å²) >= 11 is 3.22. The Balaban J connectivity index is 0.000000232. The molecule has 0 saturated carbocycles. The first-order chi connectivity index (χ1) is 35.5. The van der Waals surface area contributed by atoms with Crippen molar-refractivity contribution in [2.45, 2.75) is 56.3 Å². The molecule has 0 spiro atoms. The van der Waals surface area contributed by atoms with E-state index >= 15 is 0 Å². The number of carbonyl (C=O) groups is 4. The second kappa shape index (κ2) is 29.7. The van der Waals surface area contributed by atoms with Gasteiger partial charge in [-0.1, -0.05) is 145 Å². The zero-order valence-electron chi connectivity index (χ0n) is 41.5. The molecule has 392 valence electrons. The third-order valence-corrected chi connectivity index (χ3v) is 13.2. The number of nitrogens with zero attached hydrogens (tertiary/aromatic N) is 3. The number of halogens is 3. The van der Waals surface area contributed by atoms with E-state index in [4.69, 9.17) is 18.9 Å². The highest BCUT2D eigenvalue weighted by Gasteiger charge is 2.45. The largest absolute Gasteiger partial charge is 0.493 e. The Morgan fingerprint density at radius 3 is 1.31 bits per heavy atom. The number of hydrogen-bond donors (Lipinski definition) is 1. The molecule has 0 aliphatic carbocycles. The van der Waals surface area contributed by atoms with Gasteiger partial charge in [0.2, 0.25) is 11.8 Å². The molecule has 6 aromatic rings. The van der Waals surface area contributed by atoms with Gasteiger partial charge in [-0.2, -0.15) is 0 Å². The standard InChI is InChI=1S/C29H31FN2O4.C21H24N2O3.C8H8BrFO.CH4/c1-31(17-18-36-25-15-13-23(30)14-16-25)24-19-26(29(34)35-2)32(20-24)28(33)27(21-9-5-3-6-10-21)22-11-7-4-8-12-22;1-22-17-13-18(21(25)26-2)23(14-17)20(24)19(15-9-5-3-6-10-15)16-11-7-4-8-12-16;9-5-6-11-8-3-1-7(10)2-4-8;/h3-16,24,26-27H,17-20H2,1-2H3;3-12,17-19,22H,13-14H2,1-2H3;1-4H,5-6H2;1H4/t24-,26-;17-,18-;;/m00../s1. The van der Waals surface area contributed by atoms with Crippen molar-refractivity contribution in [2.75, 3.05) is 66.5 Å². The monoisotopic (exact) mass is 1080 g/mol. The third kappa shape index (κ3) is 16.0. The summed E-state index contributed by atoms with van der Waals surface area (Å²) in [5, 5.41) is 3.96. The molecular weight excluding hydrogens is 1010 g/mol. The Kier molecular flexibility index (Phi) is 23.2. The highest BCUT2D eigenvalue weighted by molar-refractivity contribution is 9.09. The van der Waals surface area contributed by atoms with E-state index in [0.29, 0.717) is 57.2 Å². The molecule has 2 saturated heterocycles. The first kappa shape index (κ1) is 58.0. The van der Waals surface area contributed by atoms with E-state index in [9.17, 15) is 28.0 Å². The number of ether oxygens (including phenoxy) is 4. The van der Waals surface area contributed by atoms with Gasteiger partial charge in [-0.05, 0) is 97.7 Å². The maximum Gasteiger partial charge on any atom is 0.328 e. The van der Waals surface area contributed by atoms with Crippen LogP contribution in [0, 0.1) is 11.6 Å². The summed E-state index contributed by atoms with van der Waals surface area (Å²) in [7, 11) is 6.51. The van der Waals surface area contributed by atoms with Crippen molar-refractivity contribution in [3.8, 4) is 11.5 Å². The van der Waals surface area contributed by atoms with Crippen LogP contribution in [0.1, 0.15) is 54.4 Å². The lowest BCUT2D eigenvalue weighted by Gasteiger charge is -2.28. The number of benzene rings is 6. The Labute approximate surface area is 442 Å². The SMILES string of the molecule is C.CN[C@H]1C[C@@H](C(=O)OC)N(C(=O)C(c2ccccc2)c2ccccc2)C1.COC(=O)[C@@H]1C[C@H](N(C)CCOc2ccc(F)cc2)CN1C(=O)C(c1ccccc1)c1ccccc1.Fc1ccc(OCCBr)cc1. The number of alkyl halides is 1. The predicted molar refractivity (Wildman–Crippen MR) is 287 cm³/mol. The first-order valence-electron chi connectivity index (χ1n) is 24.1. The quantitative estimate of drug-likeness (QED) is 0.0698. The Morgan fingerprint density at radius 2 is 0.946 bits per heavy atom. The second-order valence-electron chi connectivity index (χ2n) is 17.5. The molecule has 0 bridgehead atoms. The molecule has 8 rings (SSSR count). The van der Waals surface area contributed by atoms with E-state index in [1.165, 1.54) is 38.5 Å². The minimum atomic E-state index is -0.664. The number of hydrogen-bond acceptors (Lipinski definition) is 10. The van der Waals surface area contributed by atoms with Gasteiger partial charge in [0.05, 0.1) is 32.7 Å². The van der Waals surface area contributed by atoms with Crippen molar-refractivity contribution in [3.63, 3.8) is 0 Å². The molecule has 74 heavy (non-hydrogen) atoms. The minimum Gasteiger partial charge on any atom is -0.493 e. The van der Waals surface area contributed by atoms with Crippen LogP contribution in [0.5, 0.6) is 11.5 Å². The summed E-state index contributed by atoms with van der Waals surface area (Å²) < 4.78 is 46.4. The number of rotatable bonds is 17. The van der Waals surface area contributed by atoms with Crippen LogP contribution in [0.3, 0.4) is 0 Å². The fourth-order valence-electron chi connectivity index (χ4n) is 8.96. The van der Waals surface area contributed by atoms with E-state index in [0.717, 1.165) is 27.6 Å². The maximum atomic E-state index is 14.0. The number of nitrogens with one attached hydrogen (secondary N) is 1. The molecule has 2 fully saturated rings. The number of amides is 2. The van der Waals surface area contributed by atoms with Crippen LogP contribution in [0.15, 0.2) is 170 Å². The molecule has 4 atom stereocenters. The summed E-state index contributed by atoms with van der Waals surface area (Å²) in [5.74, 6) is -1.20. The van der Waals surface area contributed by atoms with Gasteiger partial charge in [0.15, 0.2) is 0 Å². The topological polar surface area (TPSA) is 127 Å². The van der Waals surface area contributed by atoms with Gasteiger partial charge in [0.25, 0.3) is 0 Å². The minimum absolute atomic E-state index is 0. The van der Waals surface area contributed by atoms with E-state index in [-0.39, 0.29) is 48.9 Å². The lowest BCUT2D eigenvalue weighted by Crippen LogP contribution is -2.44. The average molecular weight is 1080 g/mol. The number of likely N-dealkylation sites (N-methyl/N-ethyl adjacent to an activating group) is 2. The number of methoxy groups -OCH3 is 2. The van der Waals surface area contributed by atoms with Gasteiger partial charge in [0, 0.05) is 37.0 Å². The molecule has 0 radical (unpaired) electrons. The van der Waals surface area contributed by atoms with Crippen LogP contribution in [-0.2, 0) is 28.7 Å². The Bertz CT molecular complexity index is 2540. The fraction of sp³-hybridized carbons (Fsp3) is 0.322. The van der Waals surface area contributed by atoms with Gasteiger partial charge >= 0.3 is 11.9 Å². The highest BCUT2D eigenvalue weighted by Crippen LogP contribution is 2.33. The molecule has 6 aromatic carbocycles. The lowest BCUT2D eigenvalue weighted by molar-refractivity contribution is -0.151. The van der Waals surface area contributed by atoms with Crippen molar-refractivity contribution in [1.29, 1.82) is 0 Å². The zero-order chi connectivity index (χ0) is 52.1. The van der Waals surface area contributed by atoms with Crippen molar-refractivity contribution < 1.29 is 46.9 Å². The summed E-state index contributed by atoms with van der Waals surface area (Å²) in [6.45, 7) is 2.48. The first-order valence-corrected chi connectivity index (χ1v) is 25.2. The molecule has 15 heteroatoms. The lowest BCUT2D eigenvalue weighted by atomic mass is 9.90. The van der Waals surface area contributed by atoms with Crippen LogP contribution in [0.4, 0.5) is 8.78 Å². The molecule has 2 aliphatic rings. The van der Waals surface area contributed by atoms with E-state index in [1.54, 1.807) is 34.1 Å². The van der Waals surface area contributed by atoms with Crippen molar-refractivity contribution in [2.24, 2.45) is 0 Å². The molecule has 2 heterocycles. The second-order valence-corrected chi connectivity index (χ2v) is 18.2. The summed E-state index contributed by atoms with van der Waals surface area (Å²) in [6, 6.07) is 49.3. The van der Waals surface area contributed by atoms with Crippen LogP contribution in [0.25, 0.3) is 0 Å². The molecular formula is C59H67BrF2N4O8. The van der Waals surface area contributed by atoms with E-state index in [1.807, 2.05) is 135 Å².